The number of carbonyl (C=O) groups excluding carboxylic acids is 2. The first kappa shape index (κ1) is 26.6. The Labute approximate surface area is 204 Å². The molecule has 2 amide bonds. The summed E-state index contributed by atoms with van der Waals surface area (Å²) in [4.78, 5) is 31.8. The summed E-state index contributed by atoms with van der Waals surface area (Å²) in [6.07, 6.45) is 2.19. The highest BCUT2D eigenvalue weighted by Gasteiger charge is 2.29. The van der Waals surface area contributed by atoms with Crippen molar-refractivity contribution in [3.8, 4) is 0 Å². The van der Waals surface area contributed by atoms with Gasteiger partial charge < -0.3 is 10.2 Å². The zero-order chi connectivity index (χ0) is 24.9. The van der Waals surface area contributed by atoms with Crippen molar-refractivity contribution in [3.63, 3.8) is 0 Å². The maximum absolute atomic E-state index is 13.0. The Morgan fingerprint density at radius 3 is 2.24 bits per heavy atom. The Balaban J connectivity index is 1.57. The SMILES string of the molecule is CCN(CC)S(=O)(=O)c1cc(NC(=O)C(C)N2CCN(CC(=O)N3CCCC3)CC2)ccc1C. The van der Waals surface area contributed by atoms with E-state index in [2.05, 4.69) is 15.1 Å². The van der Waals surface area contributed by atoms with Crippen LogP contribution in [-0.2, 0) is 19.6 Å². The van der Waals surface area contributed by atoms with Crippen molar-refractivity contribution >= 4 is 27.5 Å². The third-order valence-corrected chi connectivity index (χ3v) is 9.12. The van der Waals surface area contributed by atoms with Gasteiger partial charge in [-0.15, -0.1) is 0 Å². The number of likely N-dealkylation sites (tertiary alicyclic amines) is 1. The molecule has 1 aromatic carbocycles. The minimum atomic E-state index is -3.62. The van der Waals surface area contributed by atoms with Crippen molar-refractivity contribution in [1.82, 2.24) is 19.0 Å². The van der Waals surface area contributed by atoms with Crippen LogP contribution in [0, 0.1) is 6.92 Å². The number of sulfonamides is 1. The van der Waals surface area contributed by atoms with Gasteiger partial charge in [-0.2, -0.15) is 4.31 Å². The molecular weight excluding hydrogens is 454 g/mol. The van der Waals surface area contributed by atoms with Gasteiger partial charge in [0.25, 0.3) is 0 Å². The highest BCUT2D eigenvalue weighted by molar-refractivity contribution is 7.89. The molecule has 0 aliphatic carbocycles. The van der Waals surface area contributed by atoms with Crippen LogP contribution in [0.25, 0.3) is 0 Å². The molecule has 2 saturated heterocycles. The largest absolute Gasteiger partial charge is 0.342 e. The molecule has 1 atom stereocenters. The molecule has 3 rings (SSSR count). The predicted molar refractivity (Wildman–Crippen MR) is 133 cm³/mol. The fourth-order valence-electron chi connectivity index (χ4n) is 4.64. The molecule has 2 heterocycles. The zero-order valence-electron chi connectivity index (χ0n) is 20.9. The Kier molecular flexibility index (Phi) is 9.08. The van der Waals surface area contributed by atoms with Crippen molar-refractivity contribution in [2.45, 2.75) is 51.5 Å². The summed E-state index contributed by atoms with van der Waals surface area (Å²) in [6, 6.07) is 4.66. The molecule has 2 aliphatic rings. The van der Waals surface area contributed by atoms with Crippen molar-refractivity contribution in [2.75, 3.05) is 64.2 Å². The van der Waals surface area contributed by atoms with Crippen LogP contribution < -0.4 is 5.32 Å². The van der Waals surface area contributed by atoms with Crippen LogP contribution in [0.5, 0.6) is 0 Å². The lowest BCUT2D eigenvalue weighted by Crippen LogP contribution is -2.54. The number of nitrogens with zero attached hydrogens (tertiary/aromatic N) is 4. The van der Waals surface area contributed by atoms with Crippen LogP contribution in [0.1, 0.15) is 39.2 Å². The number of aryl methyl sites for hydroxylation is 1. The second-order valence-electron chi connectivity index (χ2n) is 9.13. The molecule has 0 aromatic heterocycles. The van der Waals surface area contributed by atoms with Crippen molar-refractivity contribution < 1.29 is 18.0 Å². The van der Waals surface area contributed by atoms with Gasteiger partial charge in [0.15, 0.2) is 0 Å². The normalized spacial score (nSPS) is 18.9. The Morgan fingerprint density at radius 1 is 1.03 bits per heavy atom. The van der Waals surface area contributed by atoms with Gasteiger partial charge in [-0.05, 0) is 44.4 Å². The summed E-state index contributed by atoms with van der Waals surface area (Å²) in [5, 5.41) is 2.90. The molecule has 0 spiro atoms. The monoisotopic (exact) mass is 493 g/mol. The molecule has 190 valence electrons. The van der Waals surface area contributed by atoms with Gasteiger partial charge in [-0.3, -0.25) is 19.4 Å². The van der Waals surface area contributed by atoms with Gasteiger partial charge in [-0.25, -0.2) is 8.42 Å². The summed E-state index contributed by atoms with van der Waals surface area (Å²) in [5.74, 6) is 0.0308. The van der Waals surface area contributed by atoms with Crippen LogP contribution in [-0.4, -0.2) is 104 Å². The minimum Gasteiger partial charge on any atom is -0.342 e. The summed E-state index contributed by atoms with van der Waals surface area (Å²) in [5.41, 5.74) is 1.13. The molecule has 9 nitrogen and oxygen atoms in total. The van der Waals surface area contributed by atoms with E-state index in [0.717, 1.165) is 39.0 Å². The molecule has 1 N–H and O–H groups in total. The molecule has 1 aromatic rings. The highest BCUT2D eigenvalue weighted by Crippen LogP contribution is 2.24. The number of anilines is 1. The standard InChI is InChI=1S/C24H39N5O4S/c1-5-29(6-2)34(32,33)22-17-21(10-9-19(22)3)25-24(31)20(4)27-15-13-26(14-16-27)18-23(30)28-11-7-8-12-28/h9-10,17,20H,5-8,11-16,18H2,1-4H3,(H,25,31). The van der Waals surface area contributed by atoms with Gasteiger partial charge in [-0.1, -0.05) is 19.9 Å². The number of benzene rings is 1. The Morgan fingerprint density at radius 2 is 1.65 bits per heavy atom. The van der Waals surface area contributed by atoms with Crippen LogP contribution in [0.3, 0.4) is 0 Å². The molecule has 2 fully saturated rings. The van der Waals surface area contributed by atoms with E-state index in [0.29, 0.717) is 44.0 Å². The van der Waals surface area contributed by atoms with E-state index in [4.69, 9.17) is 0 Å². The second kappa shape index (κ2) is 11.6. The first-order valence-electron chi connectivity index (χ1n) is 12.3. The molecule has 0 saturated carbocycles. The summed E-state index contributed by atoms with van der Waals surface area (Å²) in [7, 11) is -3.62. The molecule has 0 radical (unpaired) electrons. The number of hydrogen-bond donors (Lipinski definition) is 1. The van der Waals surface area contributed by atoms with E-state index in [9.17, 15) is 18.0 Å². The van der Waals surface area contributed by atoms with Gasteiger partial charge in [0, 0.05) is 58.0 Å². The van der Waals surface area contributed by atoms with Crippen LogP contribution in [0.2, 0.25) is 0 Å². The van der Waals surface area contributed by atoms with Crippen molar-refractivity contribution in [3.05, 3.63) is 23.8 Å². The van der Waals surface area contributed by atoms with Gasteiger partial charge in [0.1, 0.15) is 0 Å². The first-order valence-corrected chi connectivity index (χ1v) is 13.8. The van der Waals surface area contributed by atoms with E-state index >= 15 is 0 Å². The number of carbonyl (C=O) groups is 2. The van der Waals surface area contributed by atoms with Crippen LogP contribution in [0.4, 0.5) is 5.69 Å². The van der Waals surface area contributed by atoms with E-state index in [-0.39, 0.29) is 22.8 Å². The van der Waals surface area contributed by atoms with Crippen molar-refractivity contribution in [1.29, 1.82) is 0 Å². The van der Waals surface area contributed by atoms with Gasteiger partial charge in [0.2, 0.25) is 21.8 Å². The third kappa shape index (κ3) is 6.16. The van der Waals surface area contributed by atoms with Crippen LogP contribution in [0.15, 0.2) is 23.1 Å². The zero-order valence-corrected chi connectivity index (χ0v) is 21.7. The number of hydrogen-bond acceptors (Lipinski definition) is 6. The maximum atomic E-state index is 13.0. The van der Waals surface area contributed by atoms with E-state index in [1.165, 1.54) is 4.31 Å². The van der Waals surface area contributed by atoms with E-state index in [1.54, 1.807) is 25.1 Å². The highest BCUT2D eigenvalue weighted by atomic mass is 32.2. The van der Waals surface area contributed by atoms with Crippen LogP contribution >= 0.6 is 0 Å². The third-order valence-electron chi connectivity index (χ3n) is 6.93. The molecule has 0 bridgehead atoms. The smallest absolute Gasteiger partial charge is 0.243 e. The molecule has 10 heteroatoms. The first-order chi connectivity index (χ1) is 16.2. The lowest BCUT2D eigenvalue weighted by molar-refractivity contribution is -0.132. The lowest BCUT2D eigenvalue weighted by atomic mass is 10.2. The van der Waals surface area contributed by atoms with E-state index in [1.807, 2.05) is 25.7 Å². The maximum Gasteiger partial charge on any atom is 0.243 e. The topological polar surface area (TPSA) is 93.3 Å². The Bertz CT molecular complexity index is 966. The summed E-state index contributed by atoms with van der Waals surface area (Å²) < 4.78 is 27.4. The van der Waals surface area contributed by atoms with E-state index < -0.39 is 10.0 Å². The average molecular weight is 494 g/mol. The fourth-order valence-corrected chi connectivity index (χ4v) is 6.35. The molecule has 1 unspecified atom stereocenters. The molecular formula is C24H39N5O4S. The average Bonchev–Trinajstić information content (AvgIpc) is 3.36. The summed E-state index contributed by atoms with van der Waals surface area (Å²) >= 11 is 0. The van der Waals surface area contributed by atoms with Gasteiger partial charge >= 0.3 is 0 Å². The molecule has 34 heavy (non-hydrogen) atoms. The van der Waals surface area contributed by atoms with Gasteiger partial charge in [0.05, 0.1) is 17.5 Å². The fraction of sp³-hybridized carbons (Fsp3) is 0.667. The Hall–Kier alpha value is -2.01. The number of piperazine rings is 1. The summed E-state index contributed by atoms with van der Waals surface area (Å²) in [6.45, 7) is 13.1. The number of rotatable bonds is 9. The number of nitrogens with one attached hydrogen (secondary N) is 1. The minimum absolute atomic E-state index is 0.170. The van der Waals surface area contributed by atoms with Crippen molar-refractivity contribution in [2.24, 2.45) is 0 Å². The number of amides is 2. The quantitative estimate of drug-likeness (QED) is 0.562. The molecule has 2 aliphatic heterocycles. The predicted octanol–water partition coefficient (Wildman–Crippen LogP) is 1.59. The lowest BCUT2D eigenvalue weighted by Gasteiger charge is -2.37. The second-order valence-corrected chi connectivity index (χ2v) is 11.0.